The highest BCUT2D eigenvalue weighted by molar-refractivity contribution is 9.10. The molecule has 3 N–H and O–H groups in total. The van der Waals surface area contributed by atoms with Gasteiger partial charge in [0.15, 0.2) is 0 Å². The van der Waals surface area contributed by atoms with Crippen molar-refractivity contribution in [3.05, 3.63) is 62.8 Å². The van der Waals surface area contributed by atoms with E-state index >= 15 is 0 Å². The molecule has 1 unspecified atom stereocenters. The smallest absolute Gasteiger partial charge is 0.124 e. The van der Waals surface area contributed by atoms with E-state index in [0.29, 0.717) is 16.3 Å². The Balaban J connectivity index is 2.54. The van der Waals surface area contributed by atoms with E-state index in [0.717, 1.165) is 10.0 Å². The molecular formula is C14H13BrClFN2O. The van der Waals surface area contributed by atoms with Crippen molar-refractivity contribution in [3.8, 4) is 5.75 Å². The lowest BCUT2D eigenvalue weighted by Crippen LogP contribution is -2.29. The third-order valence-corrected chi connectivity index (χ3v) is 3.86. The second-order valence-corrected chi connectivity index (χ2v) is 5.44. The van der Waals surface area contributed by atoms with E-state index in [1.165, 1.54) is 19.2 Å². The van der Waals surface area contributed by atoms with Crippen LogP contribution < -0.4 is 16.0 Å². The Morgan fingerprint density at radius 3 is 2.60 bits per heavy atom. The molecule has 0 fully saturated rings. The number of rotatable bonds is 4. The molecule has 20 heavy (non-hydrogen) atoms. The van der Waals surface area contributed by atoms with Gasteiger partial charge in [0.2, 0.25) is 0 Å². The molecule has 106 valence electrons. The molecule has 0 radical (unpaired) electrons. The molecule has 0 bridgehead atoms. The molecule has 0 heterocycles. The van der Waals surface area contributed by atoms with Crippen molar-refractivity contribution < 1.29 is 9.13 Å². The van der Waals surface area contributed by atoms with E-state index in [1.54, 1.807) is 18.2 Å². The summed E-state index contributed by atoms with van der Waals surface area (Å²) in [5.41, 5.74) is 4.12. The Hall–Kier alpha value is -1.14. The fraction of sp³-hybridized carbons (Fsp3) is 0.143. The zero-order chi connectivity index (χ0) is 14.7. The van der Waals surface area contributed by atoms with Gasteiger partial charge in [0.1, 0.15) is 11.6 Å². The second-order valence-electron chi connectivity index (χ2n) is 4.15. The number of hydrazine groups is 1. The van der Waals surface area contributed by atoms with E-state index in [1.807, 2.05) is 6.07 Å². The third-order valence-electron chi connectivity index (χ3n) is 2.94. The lowest BCUT2D eigenvalue weighted by molar-refractivity contribution is 0.402. The molecule has 2 aromatic carbocycles. The quantitative estimate of drug-likeness (QED) is 0.645. The van der Waals surface area contributed by atoms with Crippen molar-refractivity contribution >= 4 is 27.5 Å². The van der Waals surface area contributed by atoms with Crippen LogP contribution in [-0.2, 0) is 0 Å². The van der Waals surface area contributed by atoms with Gasteiger partial charge in [0, 0.05) is 15.1 Å². The third kappa shape index (κ3) is 3.12. The zero-order valence-corrected chi connectivity index (χ0v) is 13.0. The summed E-state index contributed by atoms with van der Waals surface area (Å²) in [6, 6.07) is 9.20. The summed E-state index contributed by atoms with van der Waals surface area (Å²) in [5.74, 6) is 5.83. The lowest BCUT2D eigenvalue weighted by atomic mass is 9.98. The van der Waals surface area contributed by atoms with Crippen molar-refractivity contribution in [1.29, 1.82) is 0 Å². The Bertz CT molecular complexity index is 624. The molecule has 3 nitrogen and oxygen atoms in total. The Kier molecular flexibility index (Phi) is 4.99. The molecule has 2 aromatic rings. The first-order valence-electron chi connectivity index (χ1n) is 5.81. The first-order valence-corrected chi connectivity index (χ1v) is 6.98. The van der Waals surface area contributed by atoms with Crippen LogP contribution in [0, 0.1) is 5.82 Å². The van der Waals surface area contributed by atoms with Crippen molar-refractivity contribution in [2.75, 3.05) is 7.11 Å². The number of hydrogen-bond donors (Lipinski definition) is 2. The van der Waals surface area contributed by atoms with Gasteiger partial charge in [0.05, 0.1) is 13.2 Å². The zero-order valence-electron chi connectivity index (χ0n) is 10.7. The van der Waals surface area contributed by atoms with E-state index in [2.05, 4.69) is 21.4 Å². The lowest BCUT2D eigenvalue weighted by Gasteiger charge is -2.21. The van der Waals surface area contributed by atoms with Crippen LogP contribution in [0.25, 0.3) is 0 Å². The Morgan fingerprint density at radius 2 is 2.00 bits per heavy atom. The van der Waals surface area contributed by atoms with Crippen LogP contribution in [0.2, 0.25) is 5.02 Å². The number of nitrogens with one attached hydrogen (secondary N) is 1. The Morgan fingerprint density at radius 1 is 1.25 bits per heavy atom. The fourth-order valence-electron chi connectivity index (χ4n) is 2.01. The Labute approximate surface area is 130 Å². The maximum absolute atomic E-state index is 13.5. The summed E-state index contributed by atoms with van der Waals surface area (Å²) in [5, 5.41) is 0.600. The second kappa shape index (κ2) is 6.54. The summed E-state index contributed by atoms with van der Waals surface area (Å²) in [7, 11) is 1.53. The van der Waals surface area contributed by atoms with Gasteiger partial charge in [-0.1, -0.05) is 33.6 Å². The normalized spacial score (nSPS) is 12.2. The molecule has 0 saturated heterocycles. The highest BCUT2D eigenvalue weighted by atomic mass is 79.9. The molecular weight excluding hydrogens is 347 g/mol. The predicted octanol–water partition coefficient (Wildman–Crippen LogP) is 3.80. The number of methoxy groups -OCH3 is 1. The van der Waals surface area contributed by atoms with Crippen LogP contribution in [0.1, 0.15) is 17.2 Å². The van der Waals surface area contributed by atoms with Gasteiger partial charge < -0.3 is 4.74 Å². The standard InChI is InChI=1S/C14H13BrClFN2O/c1-20-13-5-3-9(17)7-11(13)14(19-18)10-4-2-8(16)6-12(10)15/h2-7,14,19H,18H2,1H3. The van der Waals surface area contributed by atoms with Crippen molar-refractivity contribution in [2.24, 2.45) is 5.84 Å². The average molecular weight is 360 g/mol. The number of ether oxygens (including phenoxy) is 1. The fourth-order valence-corrected chi connectivity index (χ4v) is 2.93. The van der Waals surface area contributed by atoms with Crippen LogP contribution in [0.5, 0.6) is 5.75 Å². The first kappa shape index (κ1) is 15.3. The molecule has 6 heteroatoms. The summed E-state index contributed by atoms with van der Waals surface area (Å²) >= 11 is 9.36. The van der Waals surface area contributed by atoms with Crippen molar-refractivity contribution in [1.82, 2.24) is 5.43 Å². The highest BCUT2D eigenvalue weighted by Crippen LogP contribution is 2.34. The van der Waals surface area contributed by atoms with Crippen LogP contribution in [0.3, 0.4) is 0 Å². The summed E-state index contributed by atoms with van der Waals surface area (Å²) < 4.78 is 19.5. The van der Waals surface area contributed by atoms with Gasteiger partial charge in [-0.05, 0) is 35.9 Å². The van der Waals surface area contributed by atoms with Crippen LogP contribution in [0.15, 0.2) is 40.9 Å². The maximum Gasteiger partial charge on any atom is 0.124 e. The molecule has 2 rings (SSSR count). The van der Waals surface area contributed by atoms with E-state index in [9.17, 15) is 4.39 Å². The molecule has 0 aliphatic carbocycles. The summed E-state index contributed by atoms with van der Waals surface area (Å²) in [6.45, 7) is 0. The van der Waals surface area contributed by atoms with Crippen molar-refractivity contribution in [2.45, 2.75) is 6.04 Å². The highest BCUT2D eigenvalue weighted by Gasteiger charge is 2.20. The molecule has 0 saturated carbocycles. The summed E-state index contributed by atoms with van der Waals surface area (Å²) in [6.07, 6.45) is 0. The maximum atomic E-state index is 13.5. The van der Waals surface area contributed by atoms with Gasteiger partial charge >= 0.3 is 0 Å². The van der Waals surface area contributed by atoms with E-state index < -0.39 is 6.04 Å². The minimum Gasteiger partial charge on any atom is -0.496 e. The molecule has 0 aliphatic rings. The van der Waals surface area contributed by atoms with Crippen molar-refractivity contribution in [3.63, 3.8) is 0 Å². The average Bonchev–Trinajstić information content (AvgIpc) is 2.42. The molecule has 0 aromatic heterocycles. The molecule has 1 atom stereocenters. The minimum absolute atomic E-state index is 0.355. The molecule has 0 amide bonds. The van der Waals surface area contributed by atoms with E-state index in [-0.39, 0.29) is 5.82 Å². The van der Waals surface area contributed by atoms with Gasteiger partial charge in [-0.15, -0.1) is 0 Å². The number of hydrogen-bond acceptors (Lipinski definition) is 3. The molecule has 0 aliphatic heterocycles. The SMILES string of the molecule is COc1ccc(F)cc1C(NN)c1ccc(Cl)cc1Br. The van der Waals surface area contributed by atoms with Gasteiger partial charge in [-0.3, -0.25) is 5.84 Å². The topological polar surface area (TPSA) is 47.3 Å². The minimum atomic E-state index is -0.424. The summed E-state index contributed by atoms with van der Waals surface area (Å²) in [4.78, 5) is 0. The van der Waals surface area contributed by atoms with Crippen LogP contribution in [0.4, 0.5) is 4.39 Å². The van der Waals surface area contributed by atoms with Gasteiger partial charge in [-0.2, -0.15) is 0 Å². The van der Waals surface area contributed by atoms with Crippen LogP contribution in [-0.4, -0.2) is 7.11 Å². The van der Waals surface area contributed by atoms with Crippen LogP contribution >= 0.6 is 27.5 Å². The molecule has 0 spiro atoms. The van der Waals surface area contributed by atoms with Gasteiger partial charge in [0.25, 0.3) is 0 Å². The number of nitrogens with two attached hydrogens (primary N) is 1. The largest absolute Gasteiger partial charge is 0.496 e. The van der Waals surface area contributed by atoms with E-state index in [4.69, 9.17) is 22.2 Å². The predicted molar refractivity (Wildman–Crippen MR) is 81.3 cm³/mol. The first-order chi connectivity index (χ1) is 9.56. The number of benzene rings is 2. The number of halogens is 3. The monoisotopic (exact) mass is 358 g/mol. The van der Waals surface area contributed by atoms with Gasteiger partial charge in [-0.25, -0.2) is 9.82 Å².